The Morgan fingerprint density at radius 1 is 1.03 bits per heavy atom. The zero-order valence-corrected chi connectivity index (χ0v) is 18.8. The highest BCUT2D eigenvalue weighted by Crippen LogP contribution is 2.20. The lowest BCUT2D eigenvalue weighted by Gasteiger charge is -2.34. The van der Waals surface area contributed by atoms with Crippen molar-refractivity contribution in [3.05, 3.63) is 58.6 Å². The van der Waals surface area contributed by atoms with Gasteiger partial charge < -0.3 is 14.5 Å². The lowest BCUT2D eigenvalue weighted by Crippen LogP contribution is -2.50. The van der Waals surface area contributed by atoms with E-state index in [1.807, 2.05) is 0 Å². The molecule has 10 heteroatoms. The second-order valence-electron chi connectivity index (χ2n) is 6.62. The Bertz CT molecular complexity index is 1020. The second kappa shape index (κ2) is 9.48. The maximum absolute atomic E-state index is 12.8. The van der Waals surface area contributed by atoms with E-state index in [1.54, 1.807) is 47.1 Å². The summed E-state index contributed by atoms with van der Waals surface area (Å²) in [6, 6.07) is 12.6. The van der Waals surface area contributed by atoms with Gasteiger partial charge in [0.15, 0.2) is 0 Å². The minimum absolute atomic E-state index is 0.123. The van der Waals surface area contributed by atoms with Crippen molar-refractivity contribution in [1.29, 1.82) is 0 Å². The number of sulfonamides is 1. The van der Waals surface area contributed by atoms with Crippen LogP contribution in [0.3, 0.4) is 0 Å². The predicted molar refractivity (Wildman–Crippen MR) is 116 cm³/mol. The standard InChI is InChI=1S/C20H22BrN3O5S/c1-2-29-20(26)24-12-10-23(11-13-24)19(25)15-4-3-5-17(14-15)22-30(27,28)18-8-6-16(21)7-9-18/h3-9,14,22H,2,10-13H2,1H3. The van der Waals surface area contributed by atoms with Crippen LogP contribution in [-0.4, -0.2) is 63.0 Å². The van der Waals surface area contributed by atoms with Crippen LogP contribution < -0.4 is 4.72 Å². The number of anilines is 1. The number of piperazine rings is 1. The van der Waals surface area contributed by atoms with E-state index in [0.29, 0.717) is 44.0 Å². The summed E-state index contributed by atoms with van der Waals surface area (Å²) in [4.78, 5) is 28.0. The van der Waals surface area contributed by atoms with Gasteiger partial charge in [0.1, 0.15) is 0 Å². The number of benzene rings is 2. The summed E-state index contributed by atoms with van der Waals surface area (Å²) < 4.78 is 33.4. The first kappa shape index (κ1) is 22.1. The largest absolute Gasteiger partial charge is 0.450 e. The molecular formula is C20H22BrN3O5S. The first-order chi connectivity index (χ1) is 14.3. The molecular weight excluding hydrogens is 474 g/mol. The molecule has 2 aromatic rings. The molecule has 0 bridgehead atoms. The lowest BCUT2D eigenvalue weighted by atomic mass is 10.1. The van der Waals surface area contributed by atoms with Crippen molar-refractivity contribution >= 4 is 43.6 Å². The molecule has 0 aliphatic carbocycles. The molecule has 1 heterocycles. The molecule has 0 atom stereocenters. The van der Waals surface area contributed by atoms with Crippen LogP contribution in [0.5, 0.6) is 0 Å². The van der Waals surface area contributed by atoms with E-state index < -0.39 is 10.0 Å². The Balaban J connectivity index is 1.67. The van der Waals surface area contributed by atoms with E-state index >= 15 is 0 Å². The zero-order chi connectivity index (χ0) is 21.7. The Labute approximate surface area is 184 Å². The normalized spacial score (nSPS) is 14.3. The first-order valence-corrected chi connectivity index (χ1v) is 11.7. The molecule has 1 fully saturated rings. The summed E-state index contributed by atoms with van der Waals surface area (Å²) in [7, 11) is -3.77. The number of amides is 2. The van der Waals surface area contributed by atoms with Crippen LogP contribution in [0.15, 0.2) is 57.9 Å². The average Bonchev–Trinajstić information content (AvgIpc) is 2.74. The van der Waals surface area contributed by atoms with Crippen LogP contribution in [0.1, 0.15) is 17.3 Å². The van der Waals surface area contributed by atoms with E-state index in [4.69, 9.17) is 4.74 Å². The highest BCUT2D eigenvalue weighted by atomic mass is 79.9. The third-order valence-corrected chi connectivity index (χ3v) is 6.50. The van der Waals surface area contributed by atoms with Crippen LogP contribution in [-0.2, 0) is 14.8 Å². The number of hydrogen-bond donors (Lipinski definition) is 1. The third kappa shape index (κ3) is 5.31. The molecule has 1 aliphatic heterocycles. The number of halogens is 1. The first-order valence-electron chi connectivity index (χ1n) is 9.39. The fourth-order valence-electron chi connectivity index (χ4n) is 3.03. The molecule has 3 rings (SSSR count). The molecule has 1 N–H and O–H groups in total. The summed E-state index contributed by atoms with van der Waals surface area (Å²) in [6.07, 6.45) is -0.381. The van der Waals surface area contributed by atoms with Crippen molar-refractivity contribution in [2.75, 3.05) is 37.5 Å². The quantitative estimate of drug-likeness (QED) is 0.686. The van der Waals surface area contributed by atoms with E-state index in [1.165, 1.54) is 18.2 Å². The molecule has 1 aliphatic rings. The van der Waals surface area contributed by atoms with Gasteiger partial charge in [-0.1, -0.05) is 22.0 Å². The van der Waals surface area contributed by atoms with Gasteiger partial charge in [-0.3, -0.25) is 9.52 Å². The summed E-state index contributed by atoms with van der Waals surface area (Å²) in [5, 5.41) is 0. The van der Waals surface area contributed by atoms with Crippen molar-refractivity contribution < 1.29 is 22.7 Å². The maximum atomic E-state index is 12.8. The molecule has 0 radical (unpaired) electrons. The molecule has 0 saturated carbocycles. The van der Waals surface area contributed by atoms with Gasteiger partial charge in [-0.15, -0.1) is 0 Å². The summed E-state index contributed by atoms with van der Waals surface area (Å²) >= 11 is 3.28. The van der Waals surface area contributed by atoms with Gasteiger partial charge in [-0.05, 0) is 49.4 Å². The van der Waals surface area contributed by atoms with Gasteiger partial charge in [0, 0.05) is 41.9 Å². The van der Waals surface area contributed by atoms with E-state index in [9.17, 15) is 18.0 Å². The average molecular weight is 496 g/mol. The van der Waals surface area contributed by atoms with Gasteiger partial charge in [0.25, 0.3) is 15.9 Å². The number of carbonyl (C=O) groups excluding carboxylic acids is 2. The molecule has 30 heavy (non-hydrogen) atoms. The Morgan fingerprint density at radius 2 is 1.67 bits per heavy atom. The minimum Gasteiger partial charge on any atom is -0.450 e. The van der Waals surface area contributed by atoms with E-state index in [2.05, 4.69) is 20.7 Å². The summed E-state index contributed by atoms with van der Waals surface area (Å²) in [5.74, 6) is -0.219. The van der Waals surface area contributed by atoms with Crippen LogP contribution in [0.2, 0.25) is 0 Å². The van der Waals surface area contributed by atoms with Gasteiger partial charge in [0.05, 0.1) is 11.5 Å². The van der Waals surface area contributed by atoms with E-state index in [0.717, 1.165) is 4.47 Å². The van der Waals surface area contributed by atoms with Crippen molar-refractivity contribution in [2.24, 2.45) is 0 Å². The third-order valence-electron chi connectivity index (χ3n) is 4.58. The second-order valence-corrected chi connectivity index (χ2v) is 9.22. The van der Waals surface area contributed by atoms with Gasteiger partial charge in [-0.25, -0.2) is 13.2 Å². The number of ether oxygens (including phenoxy) is 1. The molecule has 160 valence electrons. The Morgan fingerprint density at radius 3 is 2.30 bits per heavy atom. The zero-order valence-electron chi connectivity index (χ0n) is 16.4. The predicted octanol–water partition coefficient (Wildman–Crippen LogP) is 3.16. The van der Waals surface area contributed by atoms with Gasteiger partial charge >= 0.3 is 6.09 Å². The summed E-state index contributed by atoms with van der Waals surface area (Å²) in [6.45, 7) is 3.59. The smallest absolute Gasteiger partial charge is 0.409 e. The van der Waals surface area contributed by atoms with Crippen molar-refractivity contribution in [3.63, 3.8) is 0 Å². The molecule has 2 aromatic carbocycles. The fraction of sp³-hybridized carbons (Fsp3) is 0.300. The van der Waals surface area contributed by atoms with Crippen LogP contribution in [0, 0.1) is 0 Å². The number of nitrogens with one attached hydrogen (secondary N) is 1. The van der Waals surface area contributed by atoms with Crippen molar-refractivity contribution in [2.45, 2.75) is 11.8 Å². The van der Waals surface area contributed by atoms with Crippen molar-refractivity contribution in [3.8, 4) is 0 Å². The minimum atomic E-state index is -3.77. The summed E-state index contributed by atoms with van der Waals surface area (Å²) in [5.41, 5.74) is 0.671. The Kier molecular flexibility index (Phi) is 6.99. The van der Waals surface area contributed by atoms with Crippen LogP contribution in [0.4, 0.5) is 10.5 Å². The lowest BCUT2D eigenvalue weighted by molar-refractivity contribution is 0.0570. The van der Waals surface area contributed by atoms with Gasteiger partial charge in [0.2, 0.25) is 0 Å². The molecule has 8 nitrogen and oxygen atoms in total. The fourth-order valence-corrected chi connectivity index (χ4v) is 4.35. The molecule has 0 unspecified atom stereocenters. The topological polar surface area (TPSA) is 96.0 Å². The monoisotopic (exact) mass is 495 g/mol. The molecule has 0 spiro atoms. The van der Waals surface area contributed by atoms with Gasteiger partial charge in [-0.2, -0.15) is 0 Å². The maximum Gasteiger partial charge on any atom is 0.409 e. The number of hydrogen-bond acceptors (Lipinski definition) is 5. The number of carbonyl (C=O) groups is 2. The Hall–Kier alpha value is -2.59. The van der Waals surface area contributed by atoms with Crippen LogP contribution in [0.25, 0.3) is 0 Å². The molecule has 1 saturated heterocycles. The molecule has 2 amide bonds. The number of nitrogens with zero attached hydrogens (tertiary/aromatic N) is 2. The molecule has 0 aromatic heterocycles. The van der Waals surface area contributed by atoms with Crippen LogP contribution >= 0.6 is 15.9 Å². The number of rotatable bonds is 5. The highest BCUT2D eigenvalue weighted by Gasteiger charge is 2.25. The SMILES string of the molecule is CCOC(=O)N1CCN(C(=O)c2cccc(NS(=O)(=O)c3ccc(Br)cc3)c2)CC1. The van der Waals surface area contributed by atoms with Crippen molar-refractivity contribution in [1.82, 2.24) is 9.80 Å². The highest BCUT2D eigenvalue weighted by molar-refractivity contribution is 9.10. The van der Waals surface area contributed by atoms with E-state index in [-0.39, 0.29) is 16.9 Å².